The number of anilines is 2. The number of benzene rings is 2. The number of methoxy groups -OCH3 is 1. The number of nitrogens with zero attached hydrogens (tertiary/aromatic N) is 3. The Hall–Kier alpha value is -2.95. The molecule has 0 unspecified atom stereocenters. The highest BCUT2D eigenvalue weighted by molar-refractivity contribution is 7.89. The molecule has 0 aromatic heterocycles. The number of amides is 2. The molecule has 0 atom stereocenters. The minimum atomic E-state index is -3.70. The van der Waals surface area contributed by atoms with Crippen molar-refractivity contribution >= 4 is 33.2 Å². The molecular weight excluding hydrogens is 444 g/mol. The SMILES string of the molecule is COc1ccc(S(=O)(=O)N2CCN(C)CC2)cc1NC(=O)c1cccc(N2CCCC2=O)c1. The third-order valence-electron chi connectivity index (χ3n) is 6.01. The fourth-order valence-corrected chi connectivity index (χ4v) is 5.50. The van der Waals surface area contributed by atoms with E-state index < -0.39 is 15.9 Å². The zero-order chi connectivity index (χ0) is 23.6. The van der Waals surface area contributed by atoms with Gasteiger partial charge < -0.3 is 19.9 Å². The molecule has 2 saturated heterocycles. The molecule has 10 heteroatoms. The molecule has 2 heterocycles. The second kappa shape index (κ2) is 9.50. The lowest BCUT2D eigenvalue weighted by Gasteiger charge is -2.31. The van der Waals surface area contributed by atoms with Gasteiger partial charge in [-0.1, -0.05) is 6.07 Å². The average Bonchev–Trinajstić information content (AvgIpc) is 3.25. The maximum atomic E-state index is 13.1. The highest BCUT2D eigenvalue weighted by atomic mass is 32.2. The summed E-state index contributed by atoms with van der Waals surface area (Å²) in [6.07, 6.45) is 1.29. The summed E-state index contributed by atoms with van der Waals surface area (Å²) in [5.74, 6) is -0.0291. The van der Waals surface area contributed by atoms with E-state index in [-0.39, 0.29) is 16.5 Å². The van der Waals surface area contributed by atoms with Crippen molar-refractivity contribution in [1.82, 2.24) is 9.21 Å². The molecule has 0 aliphatic carbocycles. The van der Waals surface area contributed by atoms with Gasteiger partial charge in [-0.15, -0.1) is 0 Å². The number of rotatable bonds is 6. The lowest BCUT2D eigenvalue weighted by molar-refractivity contribution is -0.117. The molecular formula is C23H28N4O5S. The number of piperazine rings is 1. The van der Waals surface area contributed by atoms with Gasteiger partial charge in [-0.25, -0.2) is 8.42 Å². The van der Waals surface area contributed by atoms with Crippen molar-refractivity contribution in [3.8, 4) is 5.75 Å². The standard InChI is InChI=1S/C23H28N4O5S/c1-25-11-13-26(14-12-25)33(30,31)19-8-9-21(32-2)20(16-19)24-23(29)17-5-3-6-18(15-17)27-10-4-7-22(27)28/h3,5-6,8-9,15-16H,4,7,10-14H2,1-2H3,(H,24,29). The van der Waals surface area contributed by atoms with Crippen LogP contribution in [0.25, 0.3) is 0 Å². The minimum Gasteiger partial charge on any atom is -0.495 e. The van der Waals surface area contributed by atoms with Crippen LogP contribution in [0.2, 0.25) is 0 Å². The Bertz CT molecular complexity index is 1160. The molecule has 2 aromatic rings. The molecule has 0 radical (unpaired) electrons. The fraction of sp³-hybridized carbons (Fsp3) is 0.391. The Morgan fingerprint density at radius 1 is 1.03 bits per heavy atom. The molecule has 2 aromatic carbocycles. The van der Waals surface area contributed by atoms with Crippen molar-refractivity contribution in [2.24, 2.45) is 0 Å². The largest absolute Gasteiger partial charge is 0.495 e. The zero-order valence-corrected chi connectivity index (χ0v) is 19.6. The Morgan fingerprint density at radius 3 is 2.45 bits per heavy atom. The van der Waals surface area contributed by atoms with Gasteiger partial charge in [0.25, 0.3) is 5.91 Å². The predicted octanol–water partition coefficient (Wildman–Crippen LogP) is 2.01. The van der Waals surface area contributed by atoms with E-state index >= 15 is 0 Å². The van der Waals surface area contributed by atoms with Gasteiger partial charge in [-0.05, 0) is 49.9 Å². The molecule has 0 saturated carbocycles. The maximum absolute atomic E-state index is 13.1. The first-order chi connectivity index (χ1) is 15.8. The lowest BCUT2D eigenvalue weighted by atomic mass is 10.1. The second-order valence-electron chi connectivity index (χ2n) is 8.22. The molecule has 2 amide bonds. The third kappa shape index (κ3) is 4.87. The van der Waals surface area contributed by atoms with Crippen molar-refractivity contribution in [3.63, 3.8) is 0 Å². The first-order valence-corrected chi connectivity index (χ1v) is 12.3. The third-order valence-corrected chi connectivity index (χ3v) is 7.91. The van der Waals surface area contributed by atoms with Crippen LogP contribution in [-0.4, -0.2) is 76.3 Å². The summed E-state index contributed by atoms with van der Waals surface area (Å²) in [4.78, 5) is 28.9. The Morgan fingerprint density at radius 2 is 1.79 bits per heavy atom. The Kier molecular flexibility index (Phi) is 6.68. The molecule has 33 heavy (non-hydrogen) atoms. The van der Waals surface area contributed by atoms with Crippen molar-refractivity contribution in [2.75, 3.05) is 57.1 Å². The number of carbonyl (C=O) groups is 2. The Balaban J connectivity index is 1.58. The van der Waals surface area contributed by atoms with Crippen molar-refractivity contribution < 1.29 is 22.7 Å². The van der Waals surface area contributed by atoms with Gasteiger partial charge in [0, 0.05) is 50.4 Å². The predicted molar refractivity (Wildman–Crippen MR) is 125 cm³/mol. The van der Waals surface area contributed by atoms with Gasteiger partial charge in [0.1, 0.15) is 5.75 Å². The van der Waals surface area contributed by atoms with E-state index in [4.69, 9.17) is 4.74 Å². The van der Waals surface area contributed by atoms with Crippen LogP contribution in [0.1, 0.15) is 23.2 Å². The number of hydrogen-bond acceptors (Lipinski definition) is 6. The summed E-state index contributed by atoms with van der Waals surface area (Å²) in [7, 11) is -0.286. The summed E-state index contributed by atoms with van der Waals surface area (Å²) in [6, 6.07) is 11.3. The Labute approximate surface area is 194 Å². The number of hydrogen-bond donors (Lipinski definition) is 1. The van der Waals surface area contributed by atoms with E-state index in [0.717, 1.165) is 6.42 Å². The van der Waals surface area contributed by atoms with Crippen LogP contribution in [-0.2, 0) is 14.8 Å². The highest BCUT2D eigenvalue weighted by Gasteiger charge is 2.28. The van der Waals surface area contributed by atoms with E-state index in [2.05, 4.69) is 10.2 Å². The van der Waals surface area contributed by atoms with E-state index in [1.165, 1.54) is 29.6 Å². The monoisotopic (exact) mass is 472 g/mol. The molecule has 2 aliphatic rings. The first-order valence-electron chi connectivity index (χ1n) is 10.9. The number of carbonyl (C=O) groups excluding carboxylic acids is 2. The van der Waals surface area contributed by atoms with Crippen LogP contribution >= 0.6 is 0 Å². The topological polar surface area (TPSA) is 99.3 Å². The highest BCUT2D eigenvalue weighted by Crippen LogP contribution is 2.30. The molecule has 0 bridgehead atoms. The molecule has 1 N–H and O–H groups in total. The van der Waals surface area contributed by atoms with Crippen molar-refractivity contribution in [3.05, 3.63) is 48.0 Å². The normalized spacial score (nSPS) is 17.9. The van der Waals surface area contributed by atoms with Gasteiger partial charge in [-0.2, -0.15) is 4.31 Å². The zero-order valence-electron chi connectivity index (χ0n) is 18.8. The molecule has 4 rings (SSSR count). The fourth-order valence-electron chi connectivity index (χ4n) is 4.05. The number of sulfonamides is 1. The van der Waals surface area contributed by atoms with E-state index in [1.54, 1.807) is 29.2 Å². The van der Waals surface area contributed by atoms with Crippen molar-refractivity contribution in [2.45, 2.75) is 17.7 Å². The summed E-state index contributed by atoms with van der Waals surface area (Å²) in [6.45, 7) is 2.77. The van der Waals surface area contributed by atoms with E-state index in [9.17, 15) is 18.0 Å². The van der Waals surface area contributed by atoms with Gasteiger partial charge in [0.2, 0.25) is 15.9 Å². The molecule has 2 aliphatic heterocycles. The van der Waals surface area contributed by atoms with E-state index in [0.29, 0.717) is 56.1 Å². The second-order valence-corrected chi connectivity index (χ2v) is 10.2. The van der Waals surface area contributed by atoms with Crippen LogP contribution in [0.4, 0.5) is 11.4 Å². The summed E-state index contributed by atoms with van der Waals surface area (Å²) in [5, 5.41) is 2.77. The molecule has 9 nitrogen and oxygen atoms in total. The number of nitrogens with one attached hydrogen (secondary N) is 1. The van der Waals surface area contributed by atoms with Gasteiger partial charge in [-0.3, -0.25) is 9.59 Å². The molecule has 0 spiro atoms. The van der Waals surface area contributed by atoms with Crippen molar-refractivity contribution in [1.29, 1.82) is 0 Å². The van der Waals surface area contributed by atoms with Gasteiger partial charge in [0.05, 0.1) is 17.7 Å². The van der Waals surface area contributed by atoms with Gasteiger partial charge in [0.15, 0.2) is 0 Å². The quantitative estimate of drug-likeness (QED) is 0.691. The summed E-state index contributed by atoms with van der Waals surface area (Å²) < 4.78 is 33.1. The van der Waals surface area contributed by atoms with Crippen LogP contribution < -0.4 is 15.0 Å². The smallest absolute Gasteiger partial charge is 0.255 e. The lowest BCUT2D eigenvalue weighted by Crippen LogP contribution is -2.47. The number of ether oxygens (including phenoxy) is 1. The van der Waals surface area contributed by atoms with E-state index in [1.807, 2.05) is 7.05 Å². The summed E-state index contributed by atoms with van der Waals surface area (Å²) >= 11 is 0. The van der Waals surface area contributed by atoms with Crippen LogP contribution in [0.15, 0.2) is 47.4 Å². The van der Waals surface area contributed by atoms with Crippen LogP contribution in [0, 0.1) is 0 Å². The summed E-state index contributed by atoms with van der Waals surface area (Å²) in [5.41, 5.74) is 1.30. The average molecular weight is 473 g/mol. The minimum absolute atomic E-state index is 0.0380. The van der Waals surface area contributed by atoms with Crippen LogP contribution in [0.5, 0.6) is 5.75 Å². The molecule has 176 valence electrons. The van der Waals surface area contributed by atoms with Gasteiger partial charge >= 0.3 is 0 Å². The molecule has 2 fully saturated rings. The first kappa shape index (κ1) is 23.2. The number of likely N-dealkylation sites (N-methyl/N-ethyl adjacent to an activating group) is 1. The maximum Gasteiger partial charge on any atom is 0.255 e. The van der Waals surface area contributed by atoms with Crippen LogP contribution in [0.3, 0.4) is 0 Å².